The van der Waals surface area contributed by atoms with Crippen LogP contribution in [0.2, 0.25) is 0 Å². The zero-order valence-corrected chi connectivity index (χ0v) is 9.01. The van der Waals surface area contributed by atoms with Gasteiger partial charge in [0.1, 0.15) is 5.76 Å². The SMILES string of the molecule is CC(C(=O)NCCc1ccco1)C(N)=NO. The van der Waals surface area contributed by atoms with Crippen LogP contribution >= 0.6 is 0 Å². The Bertz CT molecular complexity index is 359. The van der Waals surface area contributed by atoms with Crippen LogP contribution < -0.4 is 11.1 Å². The maximum absolute atomic E-state index is 11.5. The summed E-state index contributed by atoms with van der Waals surface area (Å²) in [6.45, 7) is 2.02. The molecule has 0 fully saturated rings. The van der Waals surface area contributed by atoms with Crippen LogP contribution in [0.3, 0.4) is 0 Å². The van der Waals surface area contributed by atoms with Gasteiger partial charge in [0, 0.05) is 13.0 Å². The number of hydrogen-bond donors (Lipinski definition) is 3. The number of nitrogens with two attached hydrogens (primary N) is 1. The van der Waals surface area contributed by atoms with Crippen molar-refractivity contribution in [2.75, 3.05) is 6.54 Å². The van der Waals surface area contributed by atoms with Gasteiger partial charge in [0.05, 0.1) is 12.2 Å². The summed E-state index contributed by atoms with van der Waals surface area (Å²) in [5, 5.41) is 13.8. The third-order valence-electron chi connectivity index (χ3n) is 2.20. The molecule has 6 heteroatoms. The van der Waals surface area contributed by atoms with Crippen molar-refractivity contribution in [3.63, 3.8) is 0 Å². The summed E-state index contributed by atoms with van der Waals surface area (Å²) in [7, 11) is 0. The van der Waals surface area contributed by atoms with E-state index in [4.69, 9.17) is 15.4 Å². The Hall–Kier alpha value is -1.98. The molecule has 1 rings (SSSR count). The molecule has 1 aromatic rings. The molecule has 0 bridgehead atoms. The van der Waals surface area contributed by atoms with Gasteiger partial charge >= 0.3 is 0 Å². The predicted octanol–water partition coefficient (Wildman–Crippen LogP) is 0.321. The van der Waals surface area contributed by atoms with E-state index in [2.05, 4.69) is 10.5 Å². The standard InChI is InChI=1S/C10H15N3O3/c1-7(9(11)13-15)10(14)12-5-4-8-3-2-6-16-8/h2-3,6-7,15H,4-5H2,1H3,(H2,11,13)(H,12,14). The number of nitrogens with zero attached hydrogens (tertiary/aromatic N) is 1. The van der Waals surface area contributed by atoms with Gasteiger partial charge < -0.3 is 20.7 Å². The zero-order chi connectivity index (χ0) is 12.0. The summed E-state index contributed by atoms with van der Waals surface area (Å²) in [5.41, 5.74) is 5.30. The van der Waals surface area contributed by atoms with E-state index in [1.54, 1.807) is 19.3 Å². The monoisotopic (exact) mass is 225 g/mol. The molecule has 1 amide bonds. The highest BCUT2D eigenvalue weighted by Crippen LogP contribution is 2.00. The first-order valence-electron chi connectivity index (χ1n) is 4.92. The van der Waals surface area contributed by atoms with E-state index in [1.807, 2.05) is 6.07 Å². The highest BCUT2D eigenvalue weighted by molar-refractivity contribution is 6.01. The lowest BCUT2D eigenvalue weighted by Crippen LogP contribution is -2.37. The van der Waals surface area contributed by atoms with Crippen LogP contribution in [-0.2, 0) is 11.2 Å². The minimum Gasteiger partial charge on any atom is -0.469 e. The van der Waals surface area contributed by atoms with Crippen LogP contribution in [0.1, 0.15) is 12.7 Å². The van der Waals surface area contributed by atoms with Gasteiger partial charge in [-0.1, -0.05) is 5.16 Å². The number of amidine groups is 1. The first-order chi connectivity index (χ1) is 7.65. The molecular formula is C10H15N3O3. The molecule has 16 heavy (non-hydrogen) atoms. The van der Waals surface area contributed by atoms with Gasteiger partial charge in [-0.3, -0.25) is 4.79 Å². The van der Waals surface area contributed by atoms with Crippen LogP contribution in [0.15, 0.2) is 28.0 Å². The fourth-order valence-corrected chi connectivity index (χ4v) is 1.14. The van der Waals surface area contributed by atoms with Crippen molar-refractivity contribution >= 4 is 11.7 Å². The Morgan fingerprint density at radius 2 is 2.50 bits per heavy atom. The minimum absolute atomic E-state index is 0.101. The second-order valence-corrected chi connectivity index (χ2v) is 3.37. The van der Waals surface area contributed by atoms with E-state index >= 15 is 0 Å². The Labute approximate surface area is 93.1 Å². The smallest absolute Gasteiger partial charge is 0.230 e. The average Bonchev–Trinajstić information content (AvgIpc) is 2.79. The van der Waals surface area contributed by atoms with Crippen LogP contribution in [0.25, 0.3) is 0 Å². The molecule has 0 radical (unpaired) electrons. The summed E-state index contributed by atoms with van der Waals surface area (Å²) in [4.78, 5) is 11.5. The molecule has 1 heterocycles. The van der Waals surface area contributed by atoms with Crippen LogP contribution in [0, 0.1) is 5.92 Å². The number of amides is 1. The molecule has 0 spiro atoms. The molecule has 0 aliphatic rings. The van der Waals surface area contributed by atoms with E-state index in [0.29, 0.717) is 13.0 Å². The predicted molar refractivity (Wildman–Crippen MR) is 58.0 cm³/mol. The highest BCUT2D eigenvalue weighted by atomic mass is 16.4. The first-order valence-corrected chi connectivity index (χ1v) is 4.92. The molecule has 0 saturated carbocycles. The largest absolute Gasteiger partial charge is 0.469 e. The van der Waals surface area contributed by atoms with Gasteiger partial charge in [-0.25, -0.2) is 0 Å². The Morgan fingerprint density at radius 1 is 1.75 bits per heavy atom. The summed E-state index contributed by atoms with van der Waals surface area (Å²) in [5.74, 6) is -0.212. The lowest BCUT2D eigenvalue weighted by molar-refractivity contribution is -0.122. The van der Waals surface area contributed by atoms with Crippen molar-refractivity contribution in [1.82, 2.24) is 5.32 Å². The molecule has 6 nitrogen and oxygen atoms in total. The summed E-state index contributed by atoms with van der Waals surface area (Å²) < 4.78 is 5.10. The Kier molecular flexibility index (Phi) is 4.38. The zero-order valence-electron chi connectivity index (χ0n) is 9.01. The summed E-state index contributed by atoms with van der Waals surface area (Å²) in [6.07, 6.45) is 2.19. The maximum Gasteiger partial charge on any atom is 0.230 e. The molecule has 0 aliphatic carbocycles. The van der Waals surface area contributed by atoms with Gasteiger partial charge in [0.25, 0.3) is 0 Å². The van der Waals surface area contributed by atoms with Crippen molar-refractivity contribution in [1.29, 1.82) is 0 Å². The van der Waals surface area contributed by atoms with Crippen molar-refractivity contribution in [2.45, 2.75) is 13.3 Å². The van der Waals surface area contributed by atoms with Gasteiger partial charge in [-0.15, -0.1) is 0 Å². The maximum atomic E-state index is 11.5. The van der Waals surface area contributed by atoms with Gasteiger partial charge in [-0.2, -0.15) is 0 Å². The van der Waals surface area contributed by atoms with E-state index in [1.165, 1.54) is 0 Å². The third kappa shape index (κ3) is 3.30. The number of carbonyl (C=O) groups is 1. The van der Waals surface area contributed by atoms with Crippen LogP contribution in [0.4, 0.5) is 0 Å². The number of hydrogen-bond acceptors (Lipinski definition) is 4. The minimum atomic E-state index is -0.637. The van der Waals surface area contributed by atoms with Gasteiger partial charge in [0.2, 0.25) is 5.91 Å². The third-order valence-corrected chi connectivity index (χ3v) is 2.20. The highest BCUT2D eigenvalue weighted by Gasteiger charge is 2.16. The quantitative estimate of drug-likeness (QED) is 0.291. The summed E-state index contributed by atoms with van der Waals surface area (Å²) >= 11 is 0. The van der Waals surface area contributed by atoms with Gasteiger partial charge in [0.15, 0.2) is 5.84 Å². The van der Waals surface area contributed by atoms with Crippen molar-refractivity contribution in [2.24, 2.45) is 16.8 Å². The van der Waals surface area contributed by atoms with E-state index in [0.717, 1.165) is 5.76 Å². The number of carbonyl (C=O) groups excluding carboxylic acids is 1. The van der Waals surface area contributed by atoms with Crippen LogP contribution in [0.5, 0.6) is 0 Å². The average molecular weight is 225 g/mol. The van der Waals surface area contributed by atoms with E-state index in [-0.39, 0.29) is 11.7 Å². The Balaban J connectivity index is 2.30. The van der Waals surface area contributed by atoms with Crippen molar-refractivity contribution in [3.8, 4) is 0 Å². The molecule has 0 aliphatic heterocycles. The lowest BCUT2D eigenvalue weighted by Gasteiger charge is -2.09. The summed E-state index contributed by atoms with van der Waals surface area (Å²) in [6, 6.07) is 3.62. The molecule has 0 aromatic carbocycles. The van der Waals surface area contributed by atoms with Crippen molar-refractivity contribution in [3.05, 3.63) is 24.2 Å². The first kappa shape index (κ1) is 12.1. The van der Waals surface area contributed by atoms with E-state index in [9.17, 15) is 4.79 Å². The second kappa shape index (κ2) is 5.79. The molecule has 4 N–H and O–H groups in total. The number of rotatable bonds is 5. The molecule has 88 valence electrons. The van der Waals surface area contributed by atoms with Gasteiger partial charge in [-0.05, 0) is 19.1 Å². The number of furan rings is 1. The Morgan fingerprint density at radius 3 is 3.06 bits per heavy atom. The fraction of sp³-hybridized carbons (Fsp3) is 0.400. The molecule has 1 aromatic heterocycles. The number of nitrogens with one attached hydrogen (secondary N) is 1. The van der Waals surface area contributed by atoms with Crippen LogP contribution in [-0.4, -0.2) is 23.5 Å². The molecule has 1 unspecified atom stereocenters. The number of oxime groups is 1. The second-order valence-electron chi connectivity index (χ2n) is 3.37. The fourth-order valence-electron chi connectivity index (χ4n) is 1.14. The molecule has 1 atom stereocenters. The topological polar surface area (TPSA) is 101 Å². The van der Waals surface area contributed by atoms with Crippen molar-refractivity contribution < 1.29 is 14.4 Å². The lowest BCUT2D eigenvalue weighted by atomic mass is 10.1. The normalized spacial score (nSPS) is 13.4. The van der Waals surface area contributed by atoms with E-state index < -0.39 is 5.92 Å². The molecular weight excluding hydrogens is 210 g/mol. The molecule has 0 saturated heterocycles.